The van der Waals surface area contributed by atoms with Gasteiger partial charge in [-0.3, -0.25) is 9.59 Å². The molecule has 12 heteroatoms. The van der Waals surface area contributed by atoms with Crippen LogP contribution in [0.3, 0.4) is 0 Å². The SMILES string of the molecule is CCCCC(CC)C(=O)O.CCCCC(CC)C(=O)O.OCCO.OCCO.OCCO.OCCO. The summed E-state index contributed by atoms with van der Waals surface area (Å²) in [7, 11) is 0. The number of aliphatic carboxylic acids is 2. The summed E-state index contributed by atoms with van der Waals surface area (Å²) in [5, 5.41) is 78.2. The van der Waals surface area contributed by atoms with Crippen LogP contribution in [0.25, 0.3) is 0 Å². The Labute approximate surface area is 216 Å². The Bertz CT molecular complexity index is 321. The maximum absolute atomic E-state index is 10.4. The highest BCUT2D eigenvalue weighted by molar-refractivity contribution is 5.70. The predicted molar refractivity (Wildman–Crippen MR) is 139 cm³/mol. The van der Waals surface area contributed by atoms with E-state index in [0.29, 0.717) is 0 Å². The van der Waals surface area contributed by atoms with Gasteiger partial charge in [-0.25, -0.2) is 0 Å². The molecular formula is C24H56O12. The van der Waals surface area contributed by atoms with Crippen LogP contribution in [0.4, 0.5) is 0 Å². The van der Waals surface area contributed by atoms with E-state index in [2.05, 4.69) is 13.8 Å². The van der Waals surface area contributed by atoms with Gasteiger partial charge in [0, 0.05) is 0 Å². The molecule has 0 aromatic carbocycles. The molecule has 0 fully saturated rings. The molecule has 0 rings (SSSR count). The number of aliphatic hydroxyl groups excluding tert-OH is 8. The first-order chi connectivity index (χ1) is 17.1. The standard InChI is InChI=1S/2C8H16O2.4C2H6O2/c2*1-3-5-6-7(4-2)8(9)10;4*3-1-2-4/h2*7H,3-6H2,1-2H3,(H,9,10);4*3-4H,1-2H2. The molecule has 0 amide bonds. The van der Waals surface area contributed by atoms with Crippen molar-refractivity contribution in [2.45, 2.75) is 79.1 Å². The van der Waals surface area contributed by atoms with Gasteiger partial charge in [-0.05, 0) is 25.7 Å². The van der Waals surface area contributed by atoms with Crippen LogP contribution in [0.15, 0.2) is 0 Å². The van der Waals surface area contributed by atoms with Gasteiger partial charge in [0.2, 0.25) is 0 Å². The second kappa shape index (κ2) is 50.5. The van der Waals surface area contributed by atoms with E-state index in [9.17, 15) is 9.59 Å². The molecule has 36 heavy (non-hydrogen) atoms. The second-order valence-corrected chi connectivity index (χ2v) is 6.96. The largest absolute Gasteiger partial charge is 0.481 e. The first-order valence-electron chi connectivity index (χ1n) is 12.4. The number of carboxylic acid groups (broad SMARTS) is 2. The van der Waals surface area contributed by atoms with Gasteiger partial charge in [0.05, 0.1) is 64.7 Å². The molecule has 12 nitrogen and oxygen atoms in total. The lowest BCUT2D eigenvalue weighted by Gasteiger charge is -2.06. The molecule has 10 N–H and O–H groups in total. The fourth-order valence-electron chi connectivity index (χ4n) is 1.91. The summed E-state index contributed by atoms with van der Waals surface area (Å²) >= 11 is 0. The van der Waals surface area contributed by atoms with Crippen LogP contribution < -0.4 is 0 Å². The number of unbranched alkanes of at least 4 members (excludes halogenated alkanes) is 2. The van der Waals surface area contributed by atoms with Crippen LogP contribution >= 0.6 is 0 Å². The van der Waals surface area contributed by atoms with Gasteiger partial charge < -0.3 is 51.1 Å². The molecule has 2 atom stereocenters. The van der Waals surface area contributed by atoms with Crippen molar-refractivity contribution in [3.63, 3.8) is 0 Å². The number of hydrogen-bond donors (Lipinski definition) is 10. The molecule has 0 saturated heterocycles. The highest BCUT2D eigenvalue weighted by Gasteiger charge is 2.13. The fourth-order valence-corrected chi connectivity index (χ4v) is 1.91. The van der Waals surface area contributed by atoms with Gasteiger partial charge in [-0.1, -0.05) is 53.4 Å². The van der Waals surface area contributed by atoms with Crippen molar-refractivity contribution in [1.82, 2.24) is 0 Å². The van der Waals surface area contributed by atoms with Gasteiger partial charge in [0.15, 0.2) is 0 Å². The Kier molecular flexibility index (Phi) is 67.0. The summed E-state index contributed by atoms with van der Waals surface area (Å²) < 4.78 is 0. The number of rotatable bonds is 14. The molecule has 224 valence electrons. The minimum atomic E-state index is -0.643. The molecule has 2 unspecified atom stereocenters. The molecule has 0 aromatic heterocycles. The monoisotopic (exact) mass is 536 g/mol. The first-order valence-corrected chi connectivity index (χ1v) is 12.4. The number of hydrogen-bond acceptors (Lipinski definition) is 10. The molecule has 0 spiro atoms. The summed E-state index contributed by atoms with van der Waals surface area (Å²) in [6, 6.07) is 0. The average molecular weight is 537 g/mol. The summed E-state index contributed by atoms with van der Waals surface area (Å²) in [5.74, 6) is -1.51. The molecule has 0 heterocycles. The van der Waals surface area contributed by atoms with Crippen molar-refractivity contribution in [3.05, 3.63) is 0 Å². The van der Waals surface area contributed by atoms with Crippen LogP contribution in [-0.2, 0) is 9.59 Å². The summed E-state index contributed by atoms with van der Waals surface area (Å²) in [6.45, 7) is 7.01. The topological polar surface area (TPSA) is 236 Å². The average Bonchev–Trinajstić information content (AvgIpc) is 2.90. The molecule has 0 bridgehead atoms. The van der Waals surface area contributed by atoms with E-state index < -0.39 is 11.9 Å². The van der Waals surface area contributed by atoms with Crippen molar-refractivity contribution in [1.29, 1.82) is 0 Å². The lowest BCUT2D eigenvalue weighted by atomic mass is 10.00. The lowest BCUT2D eigenvalue weighted by Crippen LogP contribution is -2.11. The van der Waals surface area contributed by atoms with Crippen molar-refractivity contribution in [2.24, 2.45) is 11.8 Å². The molecule has 0 aromatic rings. The van der Waals surface area contributed by atoms with Crippen LogP contribution in [0, 0.1) is 11.8 Å². The minimum absolute atomic E-state index is 0.111. The van der Waals surface area contributed by atoms with Gasteiger partial charge in [-0.15, -0.1) is 0 Å². The van der Waals surface area contributed by atoms with Crippen LogP contribution in [-0.4, -0.2) is 116 Å². The van der Waals surface area contributed by atoms with E-state index in [1.165, 1.54) is 0 Å². The van der Waals surface area contributed by atoms with E-state index in [4.69, 9.17) is 51.1 Å². The van der Waals surface area contributed by atoms with Gasteiger partial charge >= 0.3 is 11.9 Å². The zero-order valence-corrected chi connectivity index (χ0v) is 22.8. The fraction of sp³-hybridized carbons (Fsp3) is 0.917. The molecule has 0 saturated carbocycles. The minimum Gasteiger partial charge on any atom is -0.481 e. The Morgan fingerprint density at radius 3 is 0.750 bits per heavy atom. The van der Waals surface area contributed by atoms with Crippen molar-refractivity contribution >= 4 is 11.9 Å². The van der Waals surface area contributed by atoms with Crippen molar-refractivity contribution in [3.8, 4) is 0 Å². The number of carbonyl (C=O) groups is 2. The first kappa shape index (κ1) is 47.8. The van der Waals surface area contributed by atoms with Crippen molar-refractivity contribution in [2.75, 3.05) is 52.9 Å². The quantitative estimate of drug-likeness (QED) is 0.146. The maximum atomic E-state index is 10.4. The van der Waals surface area contributed by atoms with Gasteiger partial charge in [0.1, 0.15) is 0 Å². The second-order valence-electron chi connectivity index (χ2n) is 6.96. The Balaban J connectivity index is -0.0000000800. The third kappa shape index (κ3) is 63.7. The van der Waals surface area contributed by atoms with Crippen LogP contribution in [0.1, 0.15) is 79.1 Å². The predicted octanol–water partition coefficient (Wildman–Crippen LogP) is 0.459. The highest BCUT2D eigenvalue weighted by Crippen LogP contribution is 2.12. The zero-order valence-electron chi connectivity index (χ0n) is 22.8. The Morgan fingerprint density at radius 1 is 0.472 bits per heavy atom. The van der Waals surface area contributed by atoms with E-state index in [1.807, 2.05) is 13.8 Å². The summed E-state index contributed by atoms with van der Waals surface area (Å²) in [5.41, 5.74) is 0. The van der Waals surface area contributed by atoms with Crippen molar-refractivity contribution < 1.29 is 60.7 Å². The highest BCUT2D eigenvalue weighted by atomic mass is 16.4. The third-order valence-corrected chi connectivity index (χ3v) is 3.90. The summed E-state index contributed by atoms with van der Waals surface area (Å²) in [4.78, 5) is 20.9. The Morgan fingerprint density at radius 2 is 0.667 bits per heavy atom. The van der Waals surface area contributed by atoms with E-state index in [1.54, 1.807) is 0 Å². The molecule has 0 radical (unpaired) electrons. The summed E-state index contributed by atoms with van der Waals surface area (Å²) in [6.07, 6.45) is 7.43. The normalized spacial score (nSPS) is 10.6. The molecule has 0 aliphatic heterocycles. The Hall–Kier alpha value is -1.38. The maximum Gasteiger partial charge on any atom is 0.306 e. The van der Waals surface area contributed by atoms with Gasteiger partial charge in [0.25, 0.3) is 0 Å². The zero-order chi connectivity index (χ0) is 29.6. The van der Waals surface area contributed by atoms with Gasteiger partial charge in [-0.2, -0.15) is 0 Å². The van der Waals surface area contributed by atoms with Crippen LogP contribution in [0.5, 0.6) is 0 Å². The molecule has 0 aliphatic rings. The lowest BCUT2D eigenvalue weighted by molar-refractivity contribution is -0.143. The number of carboxylic acids is 2. The van der Waals surface area contributed by atoms with E-state index in [0.717, 1.165) is 51.4 Å². The van der Waals surface area contributed by atoms with E-state index in [-0.39, 0.29) is 64.7 Å². The smallest absolute Gasteiger partial charge is 0.306 e. The molecule has 0 aliphatic carbocycles. The van der Waals surface area contributed by atoms with Crippen LogP contribution in [0.2, 0.25) is 0 Å². The number of aliphatic hydroxyl groups is 8. The third-order valence-electron chi connectivity index (χ3n) is 3.90. The molecular weight excluding hydrogens is 480 g/mol. The van der Waals surface area contributed by atoms with E-state index >= 15 is 0 Å².